The molecule has 110 valence electrons. The molecular formula is C13H16FIN2O3. The van der Waals surface area contributed by atoms with Gasteiger partial charge in [-0.05, 0) is 48.4 Å². The fourth-order valence-corrected chi connectivity index (χ4v) is 2.97. The van der Waals surface area contributed by atoms with E-state index >= 15 is 0 Å². The number of nitrogens with zero attached hydrogens (tertiary/aromatic N) is 1. The van der Waals surface area contributed by atoms with Gasteiger partial charge in [-0.2, -0.15) is 0 Å². The van der Waals surface area contributed by atoms with E-state index in [9.17, 15) is 14.5 Å². The molecule has 0 bridgehead atoms. The first-order chi connectivity index (χ1) is 9.52. The zero-order valence-corrected chi connectivity index (χ0v) is 13.0. The van der Waals surface area contributed by atoms with Crippen LogP contribution in [0.25, 0.3) is 0 Å². The Morgan fingerprint density at radius 1 is 1.45 bits per heavy atom. The van der Waals surface area contributed by atoms with Crippen LogP contribution in [-0.2, 0) is 0 Å². The van der Waals surface area contributed by atoms with E-state index in [4.69, 9.17) is 10.5 Å². The number of nitro benzene ring substituents is 1. The van der Waals surface area contributed by atoms with Crippen LogP contribution in [0.2, 0.25) is 0 Å². The molecule has 2 N–H and O–H groups in total. The number of rotatable bonds is 4. The summed E-state index contributed by atoms with van der Waals surface area (Å²) in [4.78, 5) is 10.5. The van der Waals surface area contributed by atoms with Crippen molar-refractivity contribution in [2.45, 2.75) is 31.8 Å². The van der Waals surface area contributed by atoms with Crippen molar-refractivity contribution < 1.29 is 14.1 Å². The molecule has 2 unspecified atom stereocenters. The summed E-state index contributed by atoms with van der Waals surface area (Å²) in [6, 6.07) is 2.30. The summed E-state index contributed by atoms with van der Waals surface area (Å²) >= 11 is 1.73. The third-order valence-electron chi connectivity index (χ3n) is 3.62. The molecule has 0 spiro atoms. The minimum absolute atomic E-state index is 0.00161. The van der Waals surface area contributed by atoms with Gasteiger partial charge in [0.25, 0.3) is 0 Å². The highest BCUT2D eigenvalue weighted by atomic mass is 127. The molecule has 2 rings (SSSR count). The Morgan fingerprint density at radius 3 is 2.80 bits per heavy atom. The van der Waals surface area contributed by atoms with Gasteiger partial charge < -0.3 is 10.5 Å². The first-order valence-corrected chi connectivity index (χ1v) is 7.61. The van der Waals surface area contributed by atoms with Crippen LogP contribution in [0.4, 0.5) is 10.1 Å². The molecule has 0 aromatic heterocycles. The Kier molecular flexibility index (Phi) is 5.14. The number of halogens is 2. The molecule has 0 radical (unpaired) electrons. The van der Waals surface area contributed by atoms with Gasteiger partial charge in [-0.15, -0.1) is 0 Å². The van der Waals surface area contributed by atoms with E-state index in [1.54, 1.807) is 22.6 Å². The topological polar surface area (TPSA) is 78.4 Å². The van der Waals surface area contributed by atoms with Crippen LogP contribution in [0.1, 0.15) is 25.7 Å². The van der Waals surface area contributed by atoms with Gasteiger partial charge in [0.2, 0.25) is 0 Å². The van der Waals surface area contributed by atoms with Crippen molar-refractivity contribution in [1.29, 1.82) is 0 Å². The van der Waals surface area contributed by atoms with Crippen LogP contribution in [0.15, 0.2) is 12.1 Å². The second-order valence-corrected chi connectivity index (χ2v) is 6.09. The van der Waals surface area contributed by atoms with Crippen molar-refractivity contribution >= 4 is 28.3 Å². The van der Waals surface area contributed by atoms with E-state index < -0.39 is 10.7 Å². The van der Waals surface area contributed by atoms with Gasteiger partial charge in [-0.3, -0.25) is 10.1 Å². The quantitative estimate of drug-likeness (QED) is 0.483. The predicted octanol–water partition coefficient (Wildman–Crippen LogP) is 3.23. The molecule has 1 aromatic carbocycles. The third kappa shape index (κ3) is 3.38. The van der Waals surface area contributed by atoms with E-state index in [0.29, 0.717) is 6.54 Å². The smallest absolute Gasteiger partial charge is 0.312 e. The van der Waals surface area contributed by atoms with Gasteiger partial charge in [0.05, 0.1) is 8.49 Å². The lowest BCUT2D eigenvalue weighted by atomic mass is 9.86. The van der Waals surface area contributed by atoms with Crippen molar-refractivity contribution in [3.8, 4) is 5.75 Å². The van der Waals surface area contributed by atoms with E-state index in [1.165, 1.54) is 6.07 Å². The zero-order chi connectivity index (χ0) is 14.7. The van der Waals surface area contributed by atoms with Gasteiger partial charge in [-0.25, -0.2) is 4.39 Å². The Labute approximate surface area is 130 Å². The lowest BCUT2D eigenvalue weighted by Crippen LogP contribution is -2.35. The summed E-state index contributed by atoms with van der Waals surface area (Å²) in [5, 5.41) is 11.1. The summed E-state index contributed by atoms with van der Waals surface area (Å²) < 4.78 is 19.6. The van der Waals surface area contributed by atoms with Crippen molar-refractivity contribution in [3.63, 3.8) is 0 Å². The van der Waals surface area contributed by atoms with Crippen LogP contribution in [0.5, 0.6) is 5.75 Å². The van der Waals surface area contributed by atoms with E-state index in [0.717, 1.165) is 31.7 Å². The molecule has 1 saturated carbocycles. The maximum atomic E-state index is 13.6. The molecular weight excluding hydrogens is 378 g/mol. The van der Waals surface area contributed by atoms with Crippen LogP contribution in [0, 0.1) is 25.4 Å². The number of hydrogen-bond acceptors (Lipinski definition) is 4. The Balaban J connectivity index is 2.27. The van der Waals surface area contributed by atoms with Gasteiger partial charge in [0.15, 0.2) is 5.75 Å². The monoisotopic (exact) mass is 394 g/mol. The molecule has 0 heterocycles. The normalized spacial score (nSPS) is 22.6. The lowest BCUT2D eigenvalue weighted by Gasteiger charge is -2.30. The fourth-order valence-electron chi connectivity index (χ4n) is 2.52. The highest BCUT2D eigenvalue weighted by Crippen LogP contribution is 2.35. The Hall–Kier alpha value is -0.960. The number of benzene rings is 1. The first-order valence-electron chi connectivity index (χ1n) is 6.53. The van der Waals surface area contributed by atoms with E-state index in [-0.39, 0.29) is 27.0 Å². The molecule has 0 saturated heterocycles. The summed E-state index contributed by atoms with van der Waals surface area (Å²) in [7, 11) is 0. The summed E-state index contributed by atoms with van der Waals surface area (Å²) in [6.45, 7) is 0.477. The van der Waals surface area contributed by atoms with Crippen molar-refractivity contribution in [2.75, 3.05) is 6.54 Å². The molecule has 1 aliphatic carbocycles. The van der Waals surface area contributed by atoms with E-state index in [1.807, 2.05) is 0 Å². The van der Waals surface area contributed by atoms with Gasteiger partial charge in [-0.1, -0.05) is 6.42 Å². The fraction of sp³-hybridized carbons (Fsp3) is 0.538. The standard InChI is InChI=1S/C13H16FIN2O3/c14-9-5-13(11(17(18)19)6-10(9)15)20-12-4-2-1-3-8(12)7-16/h5-6,8,12H,1-4,7,16H2. The first kappa shape index (κ1) is 15.4. The minimum atomic E-state index is -0.544. The largest absolute Gasteiger partial charge is 0.483 e. The second-order valence-electron chi connectivity index (χ2n) is 4.93. The van der Waals surface area contributed by atoms with Crippen molar-refractivity contribution in [2.24, 2.45) is 11.7 Å². The molecule has 0 aliphatic heterocycles. The van der Waals surface area contributed by atoms with Gasteiger partial charge in [0, 0.05) is 18.1 Å². The molecule has 1 fully saturated rings. The molecule has 20 heavy (non-hydrogen) atoms. The summed E-state index contributed by atoms with van der Waals surface area (Å²) in [5.41, 5.74) is 5.51. The highest BCUT2D eigenvalue weighted by molar-refractivity contribution is 14.1. The summed E-state index contributed by atoms with van der Waals surface area (Å²) in [6.07, 6.45) is 3.66. The molecule has 0 amide bonds. The molecule has 1 aromatic rings. The van der Waals surface area contributed by atoms with Gasteiger partial charge in [0.1, 0.15) is 11.9 Å². The average Bonchev–Trinajstić information content (AvgIpc) is 2.43. The number of nitrogens with two attached hydrogens (primary N) is 1. The molecule has 2 atom stereocenters. The van der Waals surface area contributed by atoms with Crippen molar-refractivity contribution in [3.05, 3.63) is 31.6 Å². The van der Waals surface area contributed by atoms with E-state index in [2.05, 4.69) is 0 Å². The molecule has 7 heteroatoms. The lowest BCUT2D eigenvalue weighted by molar-refractivity contribution is -0.386. The number of ether oxygens (including phenoxy) is 1. The number of hydrogen-bond donors (Lipinski definition) is 1. The zero-order valence-electron chi connectivity index (χ0n) is 10.9. The van der Waals surface area contributed by atoms with Crippen molar-refractivity contribution in [1.82, 2.24) is 0 Å². The van der Waals surface area contributed by atoms with Gasteiger partial charge >= 0.3 is 5.69 Å². The maximum Gasteiger partial charge on any atom is 0.312 e. The predicted molar refractivity (Wildman–Crippen MR) is 81.2 cm³/mol. The van der Waals surface area contributed by atoms with Crippen LogP contribution >= 0.6 is 22.6 Å². The molecule has 1 aliphatic rings. The second kappa shape index (κ2) is 6.66. The third-order valence-corrected chi connectivity index (χ3v) is 4.45. The number of nitro groups is 1. The van der Waals surface area contributed by atoms with Crippen LogP contribution in [-0.4, -0.2) is 17.6 Å². The Bertz CT molecular complexity index is 513. The minimum Gasteiger partial charge on any atom is -0.483 e. The Morgan fingerprint density at radius 2 is 2.15 bits per heavy atom. The average molecular weight is 394 g/mol. The SMILES string of the molecule is NCC1CCCCC1Oc1cc(F)c(I)cc1[N+](=O)[O-]. The molecule has 5 nitrogen and oxygen atoms in total. The summed E-state index contributed by atoms with van der Waals surface area (Å²) in [5.74, 6) is -0.338. The van der Waals surface area contributed by atoms with Crippen LogP contribution < -0.4 is 10.5 Å². The maximum absolute atomic E-state index is 13.6. The highest BCUT2D eigenvalue weighted by Gasteiger charge is 2.28. The van der Waals surface area contributed by atoms with Crippen LogP contribution in [0.3, 0.4) is 0 Å².